The molecule has 0 unspecified atom stereocenters. The lowest BCUT2D eigenvalue weighted by Gasteiger charge is -2.13. The van der Waals surface area contributed by atoms with Crippen LogP contribution in [0.2, 0.25) is 5.02 Å². The van der Waals surface area contributed by atoms with E-state index in [1.54, 1.807) is 24.5 Å². The van der Waals surface area contributed by atoms with Gasteiger partial charge in [-0.15, -0.1) is 4.80 Å². The van der Waals surface area contributed by atoms with E-state index in [-0.39, 0.29) is 5.91 Å². The van der Waals surface area contributed by atoms with Crippen LogP contribution in [0.15, 0.2) is 73.4 Å². The van der Waals surface area contributed by atoms with Gasteiger partial charge in [0.05, 0.1) is 40.5 Å². The summed E-state index contributed by atoms with van der Waals surface area (Å²) in [4.78, 5) is 27.6. The number of halogens is 1. The van der Waals surface area contributed by atoms with Crippen molar-refractivity contribution in [2.45, 2.75) is 6.92 Å². The fourth-order valence-electron chi connectivity index (χ4n) is 3.53. The molecular weight excluding hydrogens is 426 g/mol. The highest BCUT2D eigenvalue weighted by molar-refractivity contribution is 6.32. The molecule has 0 aliphatic carbocycles. The summed E-state index contributed by atoms with van der Waals surface area (Å²) in [5.74, 6) is 0.0916. The van der Waals surface area contributed by atoms with Crippen molar-refractivity contribution in [1.29, 1.82) is 0 Å². The Morgan fingerprint density at radius 1 is 0.969 bits per heavy atom. The minimum atomic E-state index is -0.285. The average molecular weight is 442 g/mol. The monoisotopic (exact) mass is 441 g/mol. The Morgan fingerprint density at radius 2 is 1.81 bits per heavy atom. The molecule has 8 nitrogen and oxygen atoms in total. The third kappa shape index (κ3) is 3.57. The molecule has 0 aliphatic rings. The first kappa shape index (κ1) is 19.8. The van der Waals surface area contributed by atoms with Crippen molar-refractivity contribution < 1.29 is 4.79 Å². The molecule has 0 saturated heterocycles. The standard InChI is InChI=1S/C23H16ClN7O/c1-14-16(7-9-26-21(14)18-4-2-6-20-17(18)5-3-8-25-20)23(32)30-15-12-19(24)22(27-13-15)31-28-10-11-29-31/h2-13H,1H3,(H,30,32). The normalized spacial score (nSPS) is 10.9. The van der Waals surface area contributed by atoms with E-state index in [0.717, 1.165) is 27.7 Å². The number of nitrogens with one attached hydrogen (secondary N) is 1. The zero-order chi connectivity index (χ0) is 22.1. The maximum absolute atomic E-state index is 13.1. The van der Waals surface area contributed by atoms with E-state index >= 15 is 0 Å². The van der Waals surface area contributed by atoms with E-state index < -0.39 is 0 Å². The molecule has 1 N–H and O–H groups in total. The van der Waals surface area contributed by atoms with Crippen molar-refractivity contribution in [1.82, 2.24) is 29.9 Å². The van der Waals surface area contributed by atoms with Crippen LogP contribution in [0.3, 0.4) is 0 Å². The van der Waals surface area contributed by atoms with Gasteiger partial charge in [-0.05, 0) is 36.8 Å². The van der Waals surface area contributed by atoms with Crippen LogP contribution in [0.4, 0.5) is 5.69 Å². The lowest BCUT2D eigenvalue weighted by molar-refractivity contribution is 0.102. The Balaban J connectivity index is 1.47. The Bertz CT molecular complexity index is 1450. The second kappa shape index (κ2) is 8.16. The summed E-state index contributed by atoms with van der Waals surface area (Å²) < 4.78 is 0. The van der Waals surface area contributed by atoms with Gasteiger partial charge in [-0.3, -0.25) is 14.8 Å². The van der Waals surface area contributed by atoms with Gasteiger partial charge in [0, 0.05) is 28.9 Å². The molecule has 156 valence electrons. The van der Waals surface area contributed by atoms with E-state index in [1.807, 2.05) is 37.3 Å². The number of rotatable bonds is 4. The van der Waals surface area contributed by atoms with E-state index in [1.165, 1.54) is 23.4 Å². The summed E-state index contributed by atoms with van der Waals surface area (Å²) >= 11 is 6.31. The highest BCUT2D eigenvalue weighted by atomic mass is 35.5. The molecule has 0 atom stereocenters. The molecule has 1 amide bonds. The molecule has 4 aromatic heterocycles. The number of benzene rings is 1. The van der Waals surface area contributed by atoms with Crippen molar-refractivity contribution in [2.24, 2.45) is 0 Å². The first-order valence-electron chi connectivity index (χ1n) is 9.75. The van der Waals surface area contributed by atoms with Crippen molar-refractivity contribution in [3.8, 4) is 17.1 Å². The van der Waals surface area contributed by atoms with Gasteiger partial charge in [0.1, 0.15) is 0 Å². The molecule has 5 aromatic rings. The van der Waals surface area contributed by atoms with Crippen LogP contribution >= 0.6 is 11.6 Å². The van der Waals surface area contributed by atoms with Gasteiger partial charge in [-0.1, -0.05) is 29.8 Å². The van der Waals surface area contributed by atoms with E-state index in [4.69, 9.17) is 11.6 Å². The molecule has 9 heteroatoms. The van der Waals surface area contributed by atoms with Crippen molar-refractivity contribution in [2.75, 3.05) is 5.32 Å². The first-order chi connectivity index (χ1) is 15.6. The van der Waals surface area contributed by atoms with Gasteiger partial charge in [0.2, 0.25) is 0 Å². The molecule has 0 spiro atoms. The number of hydrogen-bond acceptors (Lipinski definition) is 6. The summed E-state index contributed by atoms with van der Waals surface area (Å²) in [6, 6.07) is 13.0. The Hall–Kier alpha value is -4.17. The Morgan fingerprint density at radius 3 is 2.62 bits per heavy atom. The molecule has 0 saturated carbocycles. The molecular formula is C23H16ClN7O. The number of fused-ring (bicyclic) bond motifs is 1. The molecule has 5 rings (SSSR count). The van der Waals surface area contributed by atoms with Crippen molar-refractivity contribution in [3.63, 3.8) is 0 Å². The quantitative estimate of drug-likeness (QED) is 0.441. The Kier molecular flexibility index (Phi) is 5.04. The number of amides is 1. The minimum Gasteiger partial charge on any atom is -0.321 e. The highest BCUT2D eigenvalue weighted by Gasteiger charge is 2.17. The maximum Gasteiger partial charge on any atom is 0.256 e. The third-order valence-electron chi connectivity index (χ3n) is 5.04. The number of pyridine rings is 3. The van der Waals surface area contributed by atoms with Crippen molar-refractivity contribution >= 4 is 34.1 Å². The second-order valence-electron chi connectivity index (χ2n) is 7.01. The Labute approximate surface area is 187 Å². The van der Waals surface area contributed by atoms with Crippen LogP contribution < -0.4 is 5.32 Å². The van der Waals surface area contributed by atoms with E-state index in [9.17, 15) is 4.79 Å². The molecule has 32 heavy (non-hydrogen) atoms. The predicted molar refractivity (Wildman–Crippen MR) is 122 cm³/mol. The predicted octanol–water partition coefficient (Wildman–Crippen LogP) is 4.49. The maximum atomic E-state index is 13.1. The number of hydrogen-bond donors (Lipinski definition) is 1. The summed E-state index contributed by atoms with van der Waals surface area (Å²) in [5.41, 5.74) is 4.25. The van der Waals surface area contributed by atoms with Gasteiger partial charge in [0.25, 0.3) is 5.91 Å². The van der Waals surface area contributed by atoms with Gasteiger partial charge in [-0.25, -0.2) is 4.98 Å². The van der Waals surface area contributed by atoms with Gasteiger partial charge < -0.3 is 5.32 Å². The molecule has 0 fully saturated rings. The van der Waals surface area contributed by atoms with Crippen LogP contribution in [-0.4, -0.2) is 35.9 Å². The van der Waals surface area contributed by atoms with Crippen LogP contribution in [-0.2, 0) is 0 Å². The number of nitrogens with zero attached hydrogens (tertiary/aromatic N) is 6. The first-order valence-corrected chi connectivity index (χ1v) is 10.1. The third-order valence-corrected chi connectivity index (χ3v) is 5.32. The fraction of sp³-hybridized carbons (Fsp3) is 0.0435. The summed E-state index contributed by atoms with van der Waals surface area (Å²) in [6.45, 7) is 1.88. The average Bonchev–Trinajstić information content (AvgIpc) is 3.33. The number of carbonyl (C=O) groups is 1. The number of aromatic nitrogens is 6. The molecule has 0 bridgehead atoms. The summed E-state index contributed by atoms with van der Waals surface area (Å²) in [6.07, 6.45) is 7.95. The molecule has 4 heterocycles. The topological polar surface area (TPSA) is 98.5 Å². The van der Waals surface area contributed by atoms with Crippen LogP contribution in [0.5, 0.6) is 0 Å². The SMILES string of the molecule is Cc1c(C(=O)Nc2cnc(-n3nccn3)c(Cl)c2)ccnc1-c1cccc2ncccc12. The zero-order valence-corrected chi connectivity index (χ0v) is 17.7. The molecule has 0 radical (unpaired) electrons. The minimum absolute atomic E-state index is 0.285. The van der Waals surface area contributed by atoms with Gasteiger partial charge >= 0.3 is 0 Å². The molecule has 0 aliphatic heterocycles. The summed E-state index contributed by atoms with van der Waals surface area (Å²) in [5, 5.41) is 12.2. The fourth-order valence-corrected chi connectivity index (χ4v) is 3.77. The lowest BCUT2D eigenvalue weighted by Crippen LogP contribution is -2.15. The van der Waals surface area contributed by atoms with Crippen LogP contribution in [0, 0.1) is 6.92 Å². The molecule has 1 aromatic carbocycles. The summed E-state index contributed by atoms with van der Waals surface area (Å²) in [7, 11) is 0. The lowest BCUT2D eigenvalue weighted by atomic mass is 9.98. The highest BCUT2D eigenvalue weighted by Crippen LogP contribution is 2.30. The van der Waals surface area contributed by atoms with Gasteiger partial charge in [0.15, 0.2) is 5.82 Å². The van der Waals surface area contributed by atoms with Gasteiger partial charge in [-0.2, -0.15) is 10.2 Å². The number of carbonyl (C=O) groups excluding carboxylic acids is 1. The van der Waals surface area contributed by atoms with Crippen LogP contribution in [0.1, 0.15) is 15.9 Å². The largest absolute Gasteiger partial charge is 0.321 e. The van der Waals surface area contributed by atoms with Crippen molar-refractivity contribution in [3.05, 3.63) is 89.6 Å². The number of anilines is 1. The van der Waals surface area contributed by atoms with E-state index in [2.05, 4.69) is 30.5 Å². The second-order valence-corrected chi connectivity index (χ2v) is 7.42. The smallest absolute Gasteiger partial charge is 0.256 e. The van der Waals surface area contributed by atoms with Crippen LogP contribution in [0.25, 0.3) is 28.0 Å². The zero-order valence-electron chi connectivity index (χ0n) is 16.9. The van der Waals surface area contributed by atoms with E-state index in [0.29, 0.717) is 22.1 Å².